The van der Waals surface area contributed by atoms with Crippen LogP contribution in [0.1, 0.15) is 18.6 Å². The van der Waals surface area contributed by atoms with Crippen molar-refractivity contribution in [2.24, 2.45) is 0 Å². The van der Waals surface area contributed by atoms with Gasteiger partial charge in [-0.15, -0.1) is 0 Å². The average Bonchev–Trinajstić information content (AvgIpc) is 2.48. The van der Waals surface area contributed by atoms with Gasteiger partial charge in [0.2, 0.25) is 0 Å². The van der Waals surface area contributed by atoms with Crippen LogP contribution in [0.5, 0.6) is 5.75 Å². The molecular formula is C16H16ClNO3. The Balaban J connectivity index is 1.97. The van der Waals surface area contributed by atoms with Crippen LogP contribution in [0, 0.1) is 0 Å². The Hall–Kier alpha value is -2.04. The number of carbonyl (C=O) groups is 1. The third-order valence-corrected chi connectivity index (χ3v) is 3.21. The van der Waals surface area contributed by atoms with Gasteiger partial charge >= 0.3 is 0 Å². The second-order valence-electron chi connectivity index (χ2n) is 4.53. The Morgan fingerprint density at radius 2 is 1.90 bits per heavy atom. The number of benzene rings is 2. The molecule has 2 aromatic carbocycles. The summed E-state index contributed by atoms with van der Waals surface area (Å²) in [6.45, 7) is 1.49. The number of hydrogen-bond donors (Lipinski definition) is 2. The van der Waals surface area contributed by atoms with E-state index in [4.69, 9.17) is 16.3 Å². The molecule has 0 aliphatic heterocycles. The van der Waals surface area contributed by atoms with Crippen LogP contribution in [0.2, 0.25) is 5.02 Å². The molecule has 0 unspecified atom stereocenters. The lowest BCUT2D eigenvalue weighted by molar-refractivity contribution is -0.118. The van der Waals surface area contributed by atoms with E-state index in [0.29, 0.717) is 22.0 Å². The maximum absolute atomic E-state index is 11.9. The lowest BCUT2D eigenvalue weighted by atomic mass is 10.1. The van der Waals surface area contributed by atoms with Gasteiger partial charge in [0.05, 0.1) is 16.8 Å². The highest BCUT2D eigenvalue weighted by Gasteiger charge is 2.11. The highest BCUT2D eigenvalue weighted by molar-refractivity contribution is 6.33. The van der Waals surface area contributed by atoms with Gasteiger partial charge < -0.3 is 15.2 Å². The van der Waals surface area contributed by atoms with Crippen LogP contribution in [0.4, 0.5) is 5.69 Å². The van der Waals surface area contributed by atoms with Crippen molar-refractivity contribution >= 4 is 23.2 Å². The molecule has 0 heterocycles. The fourth-order valence-electron chi connectivity index (χ4n) is 1.85. The molecule has 0 spiro atoms. The molecule has 110 valence electrons. The number of aliphatic hydroxyl groups excluding tert-OH is 1. The smallest absolute Gasteiger partial charge is 0.262 e. The van der Waals surface area contributed by atoms with Gasteiger partial charge in [0.15, 0.2) is 6.61 Å². The molecule has 2 aromatic rings. The van der Waals surface area contributed by atoms with E-state index in [1.165, 1.54) is 0 Å². The highest BCUT2D eigenvalue weighted by Crippen LogP contribution is 2.24. The summed E-state index contributed by atoms with van der Waals surface area (Å²) in [4.78, 5) is 11.9. The van der Waals surface area contributed by atoms with Gasteiger partial charge in [0.25, 0.3) is 5.91 Å². The third kappa shape index (κ3) is 4.21. The minimum atomic E-state index is -0.659. The molecule has 21 heavy (non-hydrogen) atoms. The Labute approximate surface area is 128 Å². The van der Waals surface area contributed by atoms with Crippen LogP contribution < -0.4 is 10.1 Å². The number of amides is 1. The molecule has 1 atom stereocenters. The summed E-state index contributed by atoms with van der Waals surface area (Å²) >= 11 is 5.96. The summed E-state index contributed by atoms with van der Waals surface area (Å²) < 4.78 is 5.46. The normalized spacial score (nSPS) is 11.8. The van der Waals surface area contributed by atoms with Gasteiger partial charge in [-0.2, -0.15) is 0 Å². The maximum atomic E-state index is 11.9. The summed E-state index contributed by atoms with van der Waals surface area (Å²) in [7, 11) is 0. The SMILES string of the molecule is C[C@H](O)c1ccccc1OCC(=O)Nc1ccccc1Cl. The van der Waals surface area contributed by atoms with E-state index in [-0.39, 0.29) is 12.5 Å². The number of ether oxygens (including phenoxy) is 1. The van der Waals surface area contributed by atoms with Gasteiger partial charge in [-0.1, -0.05) is 41.9 Å². The van der Waals surface area contributed by atoms with Crippen molar-refractivity contribution in [3.63, 3.8) is 0 Å². The second-order valence-corrected chi connectivity index (χ2v) is 4.94. The van der Waals surface area contributed by atoms with Crippen molar-refractivity contribution in [2.45, 2.75) is 13.0 Å². The molecule has 0 aliphatic carbocycles. The number of rotatable bonds is 5. The first kappa shape index (κ1) is 15.4. The largest absolute Gasteiger partial charge is 0.483 e. The summed E-state index contributed by atoms with van der Waals surface area (Å²) in [5, 5.41) is 12.8. The minimum absolute atomic E-state index is 0.158. The number of anilines is 1. The predicted molar refractivity (Wildman–Crippen MR) is 82.7 cm³/mol. The first-order valence-corrected chi connectivity index (χ1v) is 6.90. The van der Waals surface area contributed by atoms with Crippen molar-refractivity contribution in [1.82, 2.24) is 0 Å². The summed E-state index contributed by atoms with van der Waals surface area (Å²) in [5.74, 6) is 0.172. The van der Waals surface area contributed by atoms with Gasteiger partial charge in [-0.05, 0) is 25.1 Å². The van der Waals surface area contributed by atoms with Crippen molar-refractivity contribution < 1.29 is 14.6 Å². The Morgan fingerprint density at radius 1 is 1.24 bits per heavy atom. The number of para-hydroxylation sites is 2. The predicted octanol–water partition coefficient (Wildman–Crippen LogP) is 3.41. The fraction of sp³-hybridized carbons (Fsp3) is 0.188. The van der Waals surface area contributed by atoms with Crippen LogP contribution in [0.15, 0.2) is 48.5 Å². The zero-order chi connectivity index (χ0) is 15.2. The quantitative estimate of drug-likeness (QED) is 0.890. The van der Waals surface area contributed by atoms with Crippen molar-refractivity contribution in [3.8, 4) is 5.75 Å². The van der Waals surface area contributed by atoms with Crippen LogP contribution in [-0.4, -0.2) is 17.6 Å². The Morgan fingerprint density at radius 3 is 2.62 bits per heavy atom. The molecule has 0 bridgehead atoms. The zero-order valence-electron chi connectivity index (χ0n) is 11.5. The van der Waals surface area contributed by atoms with Gasteiger partial charge in [0, 0.05) is 5.56 Å². The fourth-order valence-corrected chi connectivity index (χ4v) is 2.03. The lowest BCUT2D eigenvalue weighted by Gasteiger charge is -2.13. The Bertz CT molecular complexity index is 628. The van der Waals surface area contributed by atoms with E-state index < -0.39 is 6.10 Å². The van der Waals surface area contributed by atoms with E-state index in [1.807, 2.05) is 0 Å². The second kappa shape index (κ2) is 7.11. The van der Waals surface area contributed by atoms with Crippen LogP contribution in [0.25, 0.3) is 0 Å². The topological polar surface area (TPSA) is 58.6 Å². The molecule has 0 aromatic heterocycles. The highest BCUT2D eigenvalue weighted by atomic mass is 35.5. The average molecular weight is 306 g/mol. The van der Waals surface area contributed by atoms with E-state index >= 15 is 0 Å². The number of nitrogens with one attached hydrogen (secondary N) is 1. The number of aliphatic hydroxyl groups is 1. The third-order valence-electron chi connectivity index (χ3n) is 2.88. The van der Waals surface area contributed by atoms with E-state index in [1.54, 1.807) is 55.5 Å². The minimum Gasteiger partial charge on any atom is -0.483 e. The first-order valence-electron chi connectivity index (χ1n) is 6.52. The Kier molecular flexibility index (Phi) is 5.20. The molecule has 1 amide bonds. The molecule has 2 N–H and O–H groups in total. The molecule has 5 heteroatoms. The molecule has 0 saturated heterocycles. The summed E-state index contributed by atoms with van der Waals surface area (Å²) in [5.41, 5.74) is 1.18. The van der Waals surface area contributed by atoms with Crippen LogP contribution >= 0.6 is 11.6 Å². The van der Waals surface area contributed by atoms with Gasteiger partial charge in [-0.3, -0.25) is 4.79 Å². The summed E-state index contributed by atoms with van der Waals surface area (Å²) in [6, 6.07) is 14.0. The van der Waals surface area contributed by atoms with Gasteiger partial charge in [0.1, 0.15) is 5.75 Å². The van der Waals surface area contributed by atoms with Crippen LogP contribution in [0.3, 0.4) is 0 Å². The maximum Gasteiger partial charge on any atom is 0.262 e. The zero-order valence-corrected chi connectivity index (χ0v) is 12.3. The molecular weight excluding hydrogens is 290 g/mol. The number of carbonyl (C=O) groups excluding carboxylic acids is 1. The first-order chi connectivity index (χ1) is 10.1. The molecule has 0 aliphatic rings. The van der Waals surface area contributed by atoms with E-state index in [9.17, 15) is 9.90 Å². The standard InChI is InChI=1S/C16H16ClNO3/c1-11(19)12-6-2-5-9-15(12)21-10-16(20)18-14-8-4-3-7-13(14)17/h2-9,11,19H,10H2,1H3,(H,18,20)/t11-/m0/s1. The van der Waals surface area contributed by atoms with E-state index in [0.717, 1.165) is 0 Å². The number of halogens is 1. The molecule has 0 saturated carbocycles. The molecule has 4 nitrogen and oxygen atoms in total. The molecule has 0 radical (unpaired) electrons. The van der Waals surface area contributed by atoms with Crippen molar-refractivity contribution in [2.75, 3.05) is 11.9 Å². The molecule has 2 rings (SSSR count). The van der Waals surface area contributed by atoms with Crippen molar-refractivity contribution in [3.05, 3.63) is 59.1 Å². The van der Waals surface area contributed by atoms with E-state index in [2.05, 4.69) is 5.32 Å². The van der Waals surface area contributed by atoms with Gasteiger partial charge in [-0.25, -0.2) is 0 Å². The summed E-state index contributed by atoms with van der Waals surface area (Å²) in [6.07, 6.45) is -0.659. The lowest BCUT2D eigenvalue weighted by Crippen LogP contribution is -2.20. The van der Waals surface area contributed by atoms with Crippen molar-refractivity contribution in [1.29, 1.82) is 0 Å². The molecule has 0 fully saturated rings. The number of hydrogen-bond acceptors (Lipinski definition) is 3. The van der Waals surface area contributed by atoms with Crippen LogP contribution in [-0.2, 0) is 4.79 Å². The monoisotopic (exact) mass is 305 g/mol.